The van der Waals surface area contributed by atoms with Gasteiger partial charge >= 0.3 is 12.2 Å². The lowest BCUT2D eigenvalue weighted by molar-refractivity contribution is -0.137. The Hall–Kier alpha value is -3.34. The van der Waals surface area contributed by atoms with Gasteiger partial charge in [-0.3, -0.25) is 4.90 Å². The van der Waals surface area contributed by atoms with Crippen LogP contribution in [0.25, 0.3) is 5.70 Å². The molecular weight excluding hydrogens is 481 g/mol. The van der Waals surface area contributed by atoms with Gasteiger partial charge in [0.2, 0.25) is 0 Å². The number of carbonyl (C=O) groups is 1. The van der Waals surface area contributed by atoms with Crippen LogP contribution >= 0.6 is 0 Å². The first-order chi connectivity index (χ1) is 17.8. The summed E-state index contributed by atoms with van der Waals surface area (Å²) in [6.45, 7) is 2.68. The van der Waals surface area contributed by atoms with Gasteiger partial charge in [-0.25, -0.2) is 4.79 Å². The number of nitrogens with one attached hydrogen (secondary N) is 3. The van der Waals surface area contributed by atoms with E-state index >= 15 is 0 Å². The molecule has 0 aliphatic carbocycles. The van der Waals surface area contributed by atoms with E-state index in [9.17, 15) is 18.0 Å². The number of urea groups is 1. The maximum absolute atomic E-state index is 13.6. The molecule has 7 nitrogen and oxygen atoms in total. The highest BCUT2D eigenvalue weighted by Gasteiger charge is 2.34. The Labute approximate surface area is 214 Å². The van der Waals surface area contributed by atoms with Crippen molar-refractivity contribution in [3.8, 4) is 0 Å². The van der Waals surface area contributed by atoms with E-state index in [1.807, 2.05) is 24.3 Å². The van der Waals surface area contributed by atoms with Crippen LogP contribution in [0, 0.1) is 0 Å². The van der Waals surface area contributed by atoms with E-state index in [-0.39, 0.29) is 6.03 Å². The average Bonchev–Trinajstić information content (AvgIpc) is 3.29. The molecule has 7 N–H and O–H groups in total. The minimum absolute atomic E-state index is 0.323. The van der Waals surface area contributed by atoms with Crippen LogP contribution in [-0.4, -0.2) is 31.8 Å². The molecule has 2 aliphatic rings. The molecule has 2 heterocycles. The third-order valence-corrected chi connectivity index (χ3v) is 6.36. The highest BCUT2D eigenvalue weighted by Crippen LogP contribution is 2.34. The summed E-state index contributed by atoms with van der Waals surface area (Å²) in [7, 11) is 0. The second kappa shape index (κ2) is 11.8. The Bertz CT molecular complexity index is 1160. The first-order valence-electron chi connectivity index (χ1n) is 12.5. The normalized spacial score (nSPS) is 17.2. The van der Waals surface area contributed by atoms with Gasteiger partial charge in [0.15, 0.2) is 0 Å². The highest BCUT2D eigenvalue weighted by atomic mass is 19.4. The molecule has 0 bridgehead atoms. The van der Waals surface area contributed by atoms with E-state index in [1.54, 1.807) is 18.3 Å². The van der Waals surface area contributed by atoms with Crippen molar-refractivity contribution in [3.63, 3.8) is 0 Å². The summed E-state index contributed by atoms with van der Waals surface area (Å²) in [5.41, 5.74) is 14.5. The number of unbranched alkanes of at least 4 members (excludes halogenated alkanes) is 1. The zero-order valence-electron chi connectivity index (χ0n) is 20.6. The van der Waals surface area contributed by atoms with Crippen LogP contribution in [-0.2, 0) is 19.1 Å². The minimum atomic E-state index is -4.46. The standard InChI is InChI=1S/C27H33F3N6O/c28-27(29,30)22-13-19(4-1-2-9-31)12-20(14-22)24-15-21-17-36(26(37)35-25(21)34-24)23-7-5-18(6-8-23)16-33-11-3-10-32/h5-8,12-15,17,25,33-34H,1-4,9-11,16,31-32H2,(H,35,37). The number of halogens is 3. The largest absolute Gasteiger partial charge is 0.416 e. The van der Waals surface area contributed by atoms with E-state index < -0.39 is 17.9 Å². The molecule has 0 saturated carbocycles. The summed E-state index contributed by atoms with van der Waals surface area (Å²) in [4.78, 5) is 14.3. The molecular formula is C27H33F3N6O. The summed E-state index contributed by atoms with van der Waals surface area (Å²) in [6, 6.07) is 11.4. The number of fused-ring (bicyclic) bond motifs is 1. The minimum Gasteiger partial charge on any atom is -0.361 e. The lowest BCUT2D eigenvalue weighted by Crippen LogP contribution is -2.51. The zero-order chi connectivity index (χ0) is 26.4. The SMILES string of the molecule is NCCCCc1cc(C2=CC3=CN(c4ccc(CNCCCN)cc4)C(=O)NC3N2)cc(C(F)(F)F)c1. The fraction of sp³-hybridized carbons (Fsp3) is 0.370. The van der Waals surface area contributed by atoms with Crippen molar-refractivity contribution in [1.82, 2.24) is 16.0 Å². The van der Waals surface area contributed by atoms with Crippen molar-refractivity contribution in [1.29, 1.82) is 0 Å². The van der Waals surface area contributed by atoms with E-state index in [1.165, 1.54) is 11.0 Å². The molecule has 4 rings (SSSR count). The Morgan fingerprint density at radius 1 is 0.946 bits per heavy atom. The summed E-state index contributed by atoms with van der Waals surface area (Å²) in [5.74, 6) is 0. The molecule has 1 unspecified atom stereocenters. The van der Waals surface area contributed by atoms with Gasteiger partial charge in [0, 0.05) is 24.0 Å². The summed E-state index contributed by atoms with van der Waals surface area (Å²) < 4.78 is 40.8. The van der Waals surface area contributed by atoms with E-state index in [0.29, 0.717) is 55.0 Å². The Morgan fingerprint density at radius 3 is 2.41 bits per heavy atom. The zero-order valence-corrected chi connectivity index (χ0v) is 20.6. The van der Waals surface area contributed by atoms with E-state index in [0.717, 1.165) is 36.6 Å². The van der Waals surface area contributed by atoms with Crippen molar-refractivity contribution < 1.29 is 18.0 Å². The molecule has 0 saturated heterocycles. The van der Waals surface area contributed by atoms with Crippen LogP contribution in [0.4, 0.5) is 23.7 Å². The second-order valence-electron chi connectivity index (χ2n) is 9.23. The lowest BCUT2D eigenvalue weighted by atomic mass is 9.99. The van der Waals surface area contributed by atoms with Crippen molar-refractivity contribution in [2.75, 3.05) is 24.5 Å². The number of hydrogen-bond acceptors (Lipinski definition) is 5. The average molecular weight is 515 g/mol. The molecule has 2 amide bonds. The predicted octanol–water partition coefficient (Wildman–Crippen LogP) is 3.81. The smallest absolute Gasteiger partial charge is 0.361 e. The Kier molecular flexibility index (Phi) is 8.52. The molecule has 0 fully saturated rings. The number of benzene rings is 2. The maximum Gasteiger partial charge on any atom is 0.416 e. The number of nitrogens with two attached hydrogens (primary N) is 2. The summed E-state index contributed by atoms with van der Waals surface area (Å²) in [6.07, 6.45) is 1.40. The Morgan fingerprint density at radius 2 is 1.70 bits per heavy atom. The fourth-order valence-electron chi connectivity index (χ4n) is 4.38. The summed E-state index contributed by atoms with van der Waals surface area (Å²) >= 11 is 0. The van der Waals surface area contributed by atoms with Gasteiger partial charge in [0.25, 0.3) is 0 Å². The molecule has 10 heteroatoms. The van der Waals surface area contributed by atoms with Gasteiger partial charge in [-0.05, 0) is 98.4 Å². The number of hydrogen-bond donors (Lipinski definition) is 5. The first kappa shape index (κ1) is 26.7. The number of rotatable bonds is 11. The lowest BCUT2D eigenvalue weighted by Gasteiger charge is -2.29. The third-order valence-electron chi connectivity index (χ3n) is 6.36. The number of aryl methyl sites for hydroxylation is 1. The molecule has 2 aliphatic heterocycles. The second-order valence-corrected chi connectivity index (χ2v) is 9.23. The molecule has 2 aromatic carbocycles. The van der Waals surface area contributed by atoms with Crippen LogP contribution in [0.5, 0.6) is 0 Å². The van der Waals surface area contributed by atoms with Crippen LogP contribution in [0.15, 0.2) is 60.3 Å². The molecule has 0 aromatic heterocycles. The quantitative estimate of drug-likeness (QED) is 0.293. The third kappa shape index (κ3) is 6.71. The number of carbonyl (C=O) groups excluding carboxylic acids is 1. The van der Waals surface area contributed by atoms with Crippen LogP contribution < -0.4 is 32.3 Å². The number of nitrogens with zero attached hydrogens (tertiary/aromatic N) is 1. The molecule has 0 radical (unpaired) electrons. The van der Waals surface area contributed by atoms with E-state index in [2.05, 4.69) is 16.0 Å². The van der Waals surface area contributed by atoms with Gasteiger partial charge in [-0.15, -0.1) is 0 Å². The molecule has 198 valence electrons. The van der Waals surface area contributed by atoms with Crippen LogP contribution in [0.2, 0.25) is 0 Å². The van der Waals surface area contributed by atoms with Crippen molar-refractivity contribution in [2.24, 2.45) is 11.5 Å². The first-order valence-corrected chi connectivity index (χ1v) is 12.5. The van der Waals surface area contributed by atoms with Crippen molar-refractivity contribution in [3.05, 3.63) is 82.6 Å². The van der Waals surface area contributed by atoms with Crippen molar-refractivity contribution in [2.45, 2.75) is 44.6 Å². The topological polar surface area (TPSA) is 108 Å². The van der Waals surface area contributed by atoms with Crippen LogP contribution in [0.3, 0.4) is 0 Å². The predicted molar refractivity (Wildman–Crippen MR) is 139 cm³/mol. The summed E-state index contributed by atoms with van der Waals surface area (Å²) in [5, 5.41) is 9.36. The van der Waals surface area contributed by atoms with E-state index in [4.69, 9.17) is 11.5 Å². The van der Waals surface area contributed by atoms with Gasteiger partial charge in [-0.2, -0.15) is 13.2 Å². The monoisotopic (exact) mass is 514 g/mol. The van der Waals surface area contributed by atoms with Gasteiger partial charge < -0.3 is 27.4 Å². The Balaban J connectivity index is 1.54. The number of anilines is 1. The van der Waals surface area contributed by atoms with Gasteiger partial charge in [-0.1, -0.05) is 12.1 Å². The molecule has 0 spiro atoms. The molecule has 2 aromatic rings. The fourth-order valence-corrected chi connectivity index (χ4v) is 4.38. The molecule has 1 atom stereocenters. The highest BCUT2D eigenvalue weighted by molar-refractivity contribution is 5.96. The maximum atomic E-state index is 13.6. The number of amides is 2. The van der Waals surface area contributed by atoms with Gasteiger partial charge in [0.1, 0.15) is 6.17 Å². The van der Waals surface area contributed by atoms with Crippen molar-refractivity contribution >= 4 is 17.4 Å². The molecule has 37 heavy (non-hydrogen) atoms. The number of alkyl halides is 3. The van der Waals surface area contributed by atoms with Crippen LogP contribution in [0.1, 0.15) is 41.5 Å². The van der Waals surface area contributed by atoms with Gasteiger partial charge in [0.05, 0.1) is 11.3 Å².